The van der Waals surface area contributed by atoms with Gasteiger partial charge in [0.1, 0.15) is 10.6 Å². The number of nitrogens with zero attached hydrogens (tertiary/aromatic N) is 2. The van der Waals surface area contributed by atoms with E-state index >= 15 is 0 Å². The Morgan fingerprint density at radius 2 is 2.00 bits per heavy atom. The highest BCUT2D eigenvalue weighted by molar-refractivity contribution is 7.92. The Morgan fingerprint density at radius 3 is 2.65 bits per heavy atom. The van der Waals surface area contributed by atoms with Crippen LogP contribution in [-0.4, -0.2) is 18.2 Å². The molecule has 0 atom stereocenters. The number of halogens is 2. The predicted octanol–water partition coefficient (Wildman–Crippen LogP) is 3.23. The van der Waals surface area contributed by atoms with E-state index in [-0.39, 0.29) is 10.6 Å². The average Bonchev–Trinajstić information content (AvgIpc) is 3.11. The van der Waals surface area contributed by atoms with Gasteiger partial charge in [-0.1, -0.05) is 6.07 Å². The maximum absolute atomic E-state index is 13.2. The molecule has 0 saturated carbocycles. The third-order valence-corrected chi connectivity index (χ3v) is 5.27. The summed E-state index contributed by atoms with van der Waals surface area (Å²) in [6.07, 6.45) is 1.36. The van der Waals surface area contributed by atoms with E-state index in [2.05, 4.69) is 9.82 Å². The molecule has 0 fully saturated rings. The molecule has 120 valence electrons. The number of aryl methyl sites for hydroxylation is 1. The van der Waals surface area contributed by atoms with Gasteiger partial charge >= 0.3 is 0 Å². The third kappa shape index (κ3) is 3.10. The topological polar surface area (TPSA) is 64.0 Å². The van der Waals surface area contributed by atoms with Gasteiger partial charge in [-0.25, -0.2) is 17.2 Å². The van der Waals surface area contributed by atoms with Crippen LogP contribution in [0.3, 0.4) is 0 Å². The number of hydrogen-bond donors (Lipinski definition) is 1. The molecule has 0 radical (unpaired) electrons. The SMILES string of the molecule is Cn1cc(S(=O)(=O)Nc2ccc(F)c(F)c2)c(-c2cccs2)n1. The van der Waals surface area contributed by atoms with Crippen molar-refractivity contribution in [1.82, 2.24) is 9.78 Å². The lowest BCUT2D eigenvalue weighted by Gasteiger charge is -2.07. The Bertz CT molecular complexity index is 951. The molecule has 23 heavy (non-hydrogen) atoms. The summed E-state index contributed by atoms with van der Waals surface area (Å²) in [5, 5.41) is 5.98. The second kappa shape index (κ2) is 5.74. The van der Waals surface area contributed by atoms with Crippen LogP contribution in [0, 0.1) is 11.6 Å². The van der Waals surface area contributed by atoms with Gasteiger partial charge in [-0.15, -0.1) is 11.3 Å². The molecule has 9 heteroatoms. The monoisotopic (exact) mass is 355 g/mol. The Balaban J connectivity index is 2.02. The normalized spacial score (nSPS) is 11.6. The summed E-state index contributed by atoms with van der Waals surface area (Å²) < 4.78 is 54.9. The summed E-state index contributed by atoms with van der Waals surface area (Å²) in [5.41, 5.74) is 0.238. The van der Waals surface area contributed by atoms with Crippen LogP contribution in [-0.2, 0) is 17.1 Å². The molecule has 2 heterocycles. The van der Waals surface area contributed by atoms with Crippen LogP contribution >= 0.6 is 11.3 Å². The number of benzene rings is 1. The van der Waals surface area contributed by atoms with Gasteiger partial charge in [-0.3, -0.25) is 9.40 Å². The van der Waals surface area contributed by atoms with E-state index in [9.17, 15) is 17.2 Å². The number of sulfonamides is 1. The van der Waals surface area contributed by atoms with E-state index in [1.807, 2.05) is 5.38 Å². The number of thiophene rings is 1. The second-order valence-corrected chi connectivity index (χ2v) is 7.33. The molecule has 0 saturated heterocycles. The molecule has 0 amide bonds. The Hall–Kier alpha value is -2.26. The minimum absolute atomic E-state index is 0.0350. The smallest absolute Gasteiger partial charge is 0.265 e. The van der Waals surface area contributed by atoms with Gasteiger partial charge in [-0.2, -0.15) is 5.10 Å². The standard InChI is InChI=1S/C14H11F2N3O2S2/c1-19-8-13(14(17-19)12-3-2-6-22-12)23(20,21)18-9-4-5-10(15)11(16)7-9/h2-8,18H,1H3. The first-order chi connectivity index (χ1) is 10.9. The highest BCUT2D eigenvalue weighted by Gasteiger charge is 2.24. The Labute approximate surface area is 135 Å². The quantitative estimate of drug-likeness (QED) is 0.781. The zero-order valence-corrected chi connectivity index (χ0v) is 13.5. The van der Waals surface area contributed by atoms with E-state index in [4.69, 9.17) is 0 Å². The first kappa shape index (κ1) is 15.6. The largest absolute Gasteiger partial charge is 0.279 e. The van der Waals surface area contributed by atoms with E-state index in [1.165, 1.54) is 22.2 Å². The van der Waals surface area contributed by atoms with Gasteiger partial charge in [0, 0.05) is 19.3 Å². The highest BCUT2D eigenvalue weighted by Crippen LogP contribution is 2.30. The van der Waals surface area contributed by atoms with Crippen LogP contribution in [0.15, 0.2) is 46.8 Å². The van der Waals surface area contributed by atoms with Crippen LogP contribution in [0.5, 0.6) is 0 Å². The maximum atomic E-state index is 13.2. The fourth-order valence-electron chi connectivity index (χ4n) is 2.02. The Morgan fingerprint density at radius 1 is 1.22 bits per heavy atom. The van der Waals surface area contributed by atoms with Crippen molar-refractivity contribution in [3.8, 4) is 10.6 Å². The van der Waals surface area contributed by atoms with Crippen molar-refractivity contribution >= 4 is 27.0 Å². The van der Waals surface area contributed by atoms with Crippen molar-refractivity contribution < 1.29 is 17.2 Å². The second-order valence-electron chi connectivity index (χ2n) is 4.73. The molecule has 2 aromatic heterocycles. The molecule has 0 spiro atoms. The number of hydrogen-bond acceptors (Lipinski definition) is 4. The summed E-state index contributed by atoms with van der Waals surface area (Å²) in [6, 6.07) is 6.33. The van der Waals surface area contributed by atoms with Crippen molar-refractivity contribution in [2.24, 2.45) is 7.05 Å². The fourth-order valence-corrected chi connectivity index (χ4v) is 4.05. The first-order valence-corrected chi connectivity index (χ1v) is 8.78. The fraction of sp³-hybridized carbons (Fsp3) is 0.0714. The number of rotatable bonds is 4. The van der Waals surface area contributed by atoms with E-state index in [0.717, 1.165) is 18.2 Å². The van der Waals surface area contributed by atoms with Crippen molar-refractivity contribution in [3.63, 3.8) is 0 Å². The van der Waals surface area contributed by atoms with Crippen LogP contribution in [0.25, 0.3) is 10.6 Å². The van der Waals surface area contributed by atoms with Crippen LogP contribution in [0.2, 0.25) is 0 Å². The van der Waals surface area contributed by atoms with Gasteiger partial charge in [-0.05, 0) is 23.6 Å². The zero-order chi connectivity index (χ0) is 16.6. The van der Waals surface area contributed by atoms with E-state index in [0.29, 0.717) is 10.6 Å². The van der Waals surface area contributed by atoms with Crippen molar-refractivity contribution in [2.75, 3.05) is 4.72 Å². The molecular weight excluding hydrogens is 344 g/mol. The molecule has 3 rings (SSSR count). The van der Waals surface area contributed by atoms with Gasteiger partial charge in [0.05, 0.1) is 10.6 Å². The van der Waals surface area contributed by atoms with Gasteiger partial charge in [0.25, 0.3) is 10.0 Å². The summed E-state index contributed by atoms with van der Waals surface area (Å²) in [5.74, 6) is -2.18. The molecule has 0 aliphatic heterocycles. The number of anilines is 1. The maximum Gasteiger partial charge on any atom is 0.265 e. The molecule has 0 aliphatic rings. The molecular formula is C14H11F2N3O2S2. The molecule has 1 N–H and O–H groups in total. The lowest BCUT2D eigenvalue weighted by molar-refractivity contribution is 0.509. The van der Waals surface area contributed by atoms with Crippen LogP contribution in [0.4, 0.5) is 14.5 Å². The van der Waals surface area contributed by atoms with E-state index in [1.54, 1.807) is 19.2 Å². The van der Waals surface area contributed by atoms with Gasteiger partial charge in [0.15, 0.2) is 11.6 Å². The molecule has 0 bridgehead atoms. The van der Waals surface area contributed by atoms with E-state index < -0.39 is 21.7 Å². The minimum atomic E-state index is -3.99. The lowest BCUT2D eigenvalue weighted by atomic mass is 10.3. The summed E-state index contributed by atoms with van der Waals surface area (Å²) in [6.45, 7) is 0. The summed E-state index contributed by atoms with van der Waals surface area (Å²) >= 11 is 1.35. The first-order valence-electron chi connectivity index (χ1n) is 6.42. The minimum Gasteiger partial charge on any atom is -0.279 e. The zero-order valence-electron chi connectivity index (χ0n) is 11.8. The Kier molecular flexibility index (Phi) is 3.90. The van der Waals surface area contributed by atoms with Crippen molar-refractivity contribution in [1.29, 1.82) is 0 Å². The molecule has 0 unspecified atom stereocenters. The predicted molar refractivity (Wildman–Crippen MR) is 83.7 cm³/mol. The number of nitrogens with one attached hydrogen (secondary N) is 1. The summed E-state index contributed by atoms with van der Waals surface area (Å²) in [7, 11) is -2.39. The third-order valence-electron chi connectivity index (χ3n) is 3.01. The van der Waals surface area contributed by atoms with Gasteiger partial charge in [0.2, 0.25) is 0 Å². The van der Waals surface area contributed by atoms with Crippen molar-refractivity contribution in [2.45, 2.75) is 4.90 Å². The molecule has 1 aromatic carbocycles. The highest BCUT2D eigenvalue weighted by atomic mass is 32.2. The lowest BCUT2D eigenvalue weighted by Crippen LogP contribution is -2.13. The van der Waals surface area contributed by atoms with Crippen molar-refractivity contribution in [3.05, 3.63) is 53.5 Å². The average molecular weight is 355 g/mol. The number of aromatic nitrogens is 2. The van der Waals surface area contributed by atoms with Gasteiger partial charge < -0.3 is 0 Å². The summed E-state index contributed by atoms with van der Waals surface area (Å²) in [4.78, 5) is 0.656. The molecule has 0 aliphatic carbocycles. The molecule has 3 aromatic rings. The molecule has 5 nitrogen and oxygen atoms in total. The van der Waals surface area contributed by atoms with Crippen LogP contribution in [0.1, 0.15) is 0 Å². The van der Waals surface area contributed by atoms with Crippen LogP contribution < -0.4 is 4.72 Å².